The van der Waals surface area contributed by atoms with Gasteiger partial charge in [-0.05, 0) is 42.5 Å². The number of hydrogen-bond acceptors (Lipinski definition) is 5. The number of benzene rings is 1. The lowest BCUT2D eigenvalue weighted by Gasteiger charge is -2.08. The van der Waals surface area contributed by atoms with Crippen molar-refractivity contribution in [3.8, 4) is 0 Å². The zero-order valence-corrected chi connectivity index (χ0v) is 17.3. The molecule has 0 saturated heterocycles. The van der Waals surface area contributed by atoms with Crippen molar-refractivity contribution < 1.29 is 4.79 Å². The number of carbonyl (C=O) groups is 1. The van der Waals surface area contributed by atoms with E-state index in [2.05, 4.69) is 22.2 Å². The molecule has 0 N–H and O–H groups in total. The first-order valence-corrected chi connectivity index (χ1v) is 10.2. The van der Waals surface area contributed by atoms with Gasteiger partial charge in [0.15, 0.2) is 11.5 Å². The molecule has 4 aromatic rings. The van der Waals surface area contributed by atoms with Crippen LogP contribution >= 0.6 is 22.9 Å². The van der Waals surface area contributed by atoms with Crippen LogP contribution in [0.25, 0.3) is 15.9 Å². The maximum absolute atomic E-state index is 12.5. The third kappa shape index (κ3) is 2.69. The Bertz CT molecular complexity index is 1230. The number of carbonyl (C=O) groups excluding carboxylic acids is 1. The summed E-state index contributed by atoms with van der Waals surface area (Å²) in [6.07, 6.45) is 2.72. The van der Waals surface area contributed by atoms with Crippen molar-refractivity contribution in [2.24, 2.45) is 0 Å². The van der Waals surface area contributed by atoms with E-state index in [0.717, 1.165) is 38.7 Å². The quantitative estimate of drug-likeness (QED) is 0.505. The predicted octanol–water partition coefficient (Wildman–Crippen LogP) is 4.27. The molecule has 1 fully saturated rings. The van der Waals surface area contributed by atoms with Gasteiger partial charge in [-0.3, -0.25) is 4.79 Å². The second kappa shape index (κ2) is 6.25. The van der Waals surface area contributed by atoms with Crippen LogP contribution in [0.1, 0.15) is 44.9 Å². The van der Waals surface area contributed by atoms with Crippen molar-refractivity contribution in [3.05, 3.63) is 57.4 Å². The van der Waals surface area contributed by atoms with Crippen molar-refractivity contribution in [2.75, 3.05) is 14.1 Å². The Kier molecular flexibility index (Phi) is 3.93. The Hall–Kier alpha value is -2.51. The molecule has 1 aromatic carbocycles. The minimum atomic E-state index is -0.0108. The smallest absolute Gasteiger partial charge is 0.263 e. The van der Waals surface area contributed by atoms with Gasteiger partial charge in [0.05, 0.1) is 10.3 Å². The lowest BCUT2D eigenvalue weighted by molar-refractivity contribution is 0.0831. The van der Waals surface area contributed by atoms with Crippen molar-refractivity contribution in [1.29, 1.82) is 0 Å². The molecule has 1 saturated carbocycles. The molecule has 6 nitrogen and oxygen atoms in total. The summed E-state index contributed by atoms with van der Waals surface area (Å²) in [5, 5.41) is 6.34. The Morgan fingerprint density at radius 1 is 1.25 bits per heavy atom. The van der Waals surface area contributed by atoms with Gasteiger partial charge in [0.2, 0.25) is 0 Å². The van der Waals surface area contributed by atoms with Crippen LogP contribution in [0.15, 0.2) is 30.6 Å². The Balaban J connectivity index is 1.55. The van der Waals surface area contributed by atoms with Gasteiger partial charge in [0, 0.05) is 25.0 Å². The van der Waals surface area contributed by atoms with Crippen molar-refractivity contribution in [2.45, 2.75) is 25.2 Å². The minimum absolute atomic E-state index is 0.0108. The van der Waals surface area contributed by atoms with E-state index in [1.807, 2.05) is 19.1 Å². The number of fused-ring (bicyclic) bond motifs is 3. The number of thiophene rings is 1. The fourth-order valence-electron chi connectivity index (χ4n) is 3.67. The molecule has 142 valence electrons. The van der Waals surface area contributed by atoms with E-state index >= 15 is 0 Å². The second-order valence-corrected chi connectivity index (χ2v) is 8.85. The molecule has 2 atom stereocenters. The highest BCUT2D eigenvalue weighted by atomic mass is 35.5. The standard InChI is InChI=1S/C20H18ClN5OS/c1-10-15-18-23-17(14-8-13(14)11-4-6-12(21)7-5-11)24-26(18)9-22-19(15)28-16(10)20(27)25(2)3/h4-7,9,13-14H,8H2,1-3H3/t13-,14+/m0/s1. The number of rotatable bonds is 3. The van der Waals surface area contributed by atoms with Crippen LogP contribution in [0.3, 0.4) is 0 Å². The highest BCUT2D eigenvalue weighted by Crippen LogP contribution is 2.53. The van der Waals surface area contributed by atoms with E-state index in [4.69, 9.17) is 16.6 Å². The van der Waals surface area contributed by atoms with Gasteiger partial charge in [-0.25, -0.2) is 14.5 Å². The van der Waals surface area contributed by atoms with Crippen molar-refractivity contribution in [1.82, 2.24) is 24.5 Å². The maximum atomic E-state index is 12.5. The molecular weight excluding hydrogens is 394 g/mol. The van der Waals surface area contributed by atoms with E-state index in [9.17, 15) is 4.79 Å². The van der Waals surface area contributed by atoms with Gasteiger partial charge in [-0.15, -0.1) is 16.4 Å². The van der Waals surface area contributed by atoms with Crippen LogP contribution in [0.2, 0.25) is 5.02 Å². The molecule has 1 aliphatic carbocycles. The first-order valence-electron chi connectivity index (χ1n) is 9.05. The number of amides is 1. The molecular formula is C20H18ClN5OS. The molecule has 3 aromatic heterocycles. The summed E-state index contributed by atoms with van der Waals surface area (Å²) in [6, 6.07) is 8.00. The first kappa shape index (κ1) is 17.6. The summed E-state index contributed by atoms with van der Waals surface area (Å²) in [5.74, 6) is 1.55. The van der Waals surface area contributed by atoms with Crippen molar-refractivity contribution >= 4 is 44.7 Å². The van der Waals surface area contributed by atoms with Gasteiger partial charge in [0.1, 0.15) is 11.2 Å². The summed E-state index contributed by atoms with van der Waals surface area (Å²) >= 11 is 7.41. The average molecular weight is 412 g/mol. The molecule has 1 amide bonds. The SMILES string of the molecule is Cc1c(C(=O)N(C)C)sc2ncn3nc([C@@H]4C[C@H]4c4ccc(Cl)cc4)nc3c12. The predicted molar refractivity (Wildman–Crippen MR) is 110 cm³/mol. The van der Waals surface area contributed by atoms with E-state index in [1.165, 1.54) is 16.9 Å². The third-order valence-electron chi connectivity index (χ3n) is 5.30. The summed E-state index contributed by atoms with van der Waals surface area (Å²) in [4.78, 5) is 24.9. The Morgan fingerprint density at radius 2 is 2.00 bits per heavy atom. The normalized spacial score (nSPS) is 18.7. The van der Waals surface area contributed by atoms with Gasteiger partial charge in [-0.2, -0.15) is 0 Å². The number of aryl methyl sites for hydroxylation is 1. The largest absolute Gasteiger partial charge is 0.344 e. The van der Waals surface area contributed by atoms with Crippen LogP contribution in [-0.4, -0.2) is 44.5 Å². The highest BCUT2D eigenvalue weighted by molar-refractivity contribution is 7.20. The zero-order valence-electron chi connectivity index (χ0n) is 15.7. The topological polar surface area (TPSA) is 63.4 Å². The lowest BCUT2D eigenvalue weighted by Crippen LogP contribution is -2.21. The molecule has 0 bridgehead atoms. The molecule has 0 spiro atoms. The minimum Gasteiger partial charge on any atom is -0.344 e. The van der Waals surface area contributed by atoms with E-state index in [1.54, 1.807) is 29.8 Å². The summed E-state index contributed by atoms with van der Waals surface area (Å²) in [7, 11) is 3.52. The molecule has 5 rings (SSSR count). The lowest BCUT2D eigenvalue weighted by atomic mass is 10.1. The zero-order chi connectivity index (χ0) is 19.6. The highest BCUT2D eigenvalue weighted by Gasteiger charge is 2.42. The van der Waals surface area contributed by atoms with E-state index < -0.39 is 0 Å². The van der Waals surface area contributed by atoms with E-state index in [0.29, 0.717) is 16.7 Å². The second-order valence-electron chi connectivity index (χ2n) is 7.42. The summed E-state index contributed by atoms with van der Waals surface area (Å²) in [5.41, 5.74) is 2.95. The number of halogens is 1. The average Bonchev–Trinajstić information content (AvgIpc) is 3.23. The molecule has 28 heavy (non-hydrogen) atoms. The molecule has 0 unspecified atom stereocenters. The first-order chi connectivity index (χ1) is 13.4. The van der Waals surface area contributed by atoms with Gasteiger partial charge >= 0.3 is 0 Å². The van der Waals surface area contributed by atoms with Crippen molar-refractivity contribution in [3.63, 3.8) is 0 Å². The molecule has 1 aliphatic rings. The summed E-state index contributed by atoms with van der Waals surface area (Å²) < 4.78 is 1.73. The Labute approximate surface area is 170 Å². The molecule has 8 heteroatoms. The fraction of sp³-hybridized carbons (Fsp3) is 0.300. The maximum Gasteiger partial charge on any atom is 0.263 e. The van der Waals surface area contributed by atoms with Gasteiger partial charge in [-0.1, -0.05) is 23.7 Å². The van der Waals surface area contributed by atoms with Crippen LogP contribution < -0.4 is 0 Å². The number of aromatic nitrogens is 4. The third-order valence-corrected chi connectivity index (χ3v) is 6.74. The monoisotopic (exact) mass is 411 g/mol. The van der Waals surface area contributed by atoms with Crippen LogP contribution in [0, 0.1) is 6.92 Å². The van der Waals surface area contributed by atoms with Crippen LogP contribution in [-0.2, 0) is 0 Å². The summed E-state index contributed by atoms with van der Waals surface area (Å²) in [6.45, 7) is 1.96. The fourth-order valence-corrected chi connectivity index (χ4v) is 4.96. The molecule has 0 radical (unpaired) electrons. The van der Waals surface area contributed by atoms with Crippen LogP contribution in [0.5, 0.6) is 0 Å². The molecule has 0 aliphatic heterocycles. The van der Waals surface area contributed by atoms with Gasteiger partial charge in [0.25, 0.3) is 5.91 Å². The molecule has 3 heterocycles. The number of hydrogen-bond donors (Lipinski definition) is 0. The number of nitrogens with zero attached hydrogens (tertiary/aromatic N) is 5. The van der Waals surface area contributed by atoms with Crippen LogP contribution in [0.4, 0.5) is 0 Å². The van der Waals surface area contributed by atoms with E-state index in [-0.39, 0.29) is 5.91 Å². The Morgan fingerprint density at radius 3 is 2.71 bits per heavy atom. The van der Waals surface area contributed by atoms with Gasteiger partial charge < -0.3 is 4.90 Å².